The Morgan fingerprint density at radius 3 is 2.77 bits per heavy atom. The summed E-state index contributed by atoms with van der Waals surface area (Å²) in [5.41, 5.74) is 1.01. The normalized spacial score (nSPS) is 11.6. The monoisotopic (exact) mass is 457 g/mol. The Morgan fingerprint density at radius 1 is 1.35 bits per heavy atom. The number of amides is 2. The second kappa shape index (κ2) is 9.24. The lowest BCUT2D eigenvalue weighted by Gasteiger charge is -2.14. The van der Waals surface area contributed by atoms with E-state index in [-0.39, 0.29) is 18.2 Å². The van der Waals surface area contributed by atoms with Gasteiger partial charge in [-0.1, -0.05) is 22.9 Å². The average molecular weight is 458 g/mol. The minimum absolute atomic E-state index is 0.155. The van der Waals surface area contributed by atoms with Gasteiger partial charge in [-0.25, -0.2) is 9.97 Å². The Kier molecular flexibility index (Phi) is 6.68. The number of nitriles is 1. The largest absolute Gasteiger partial charge is 0.344 e. The highest BCUT2D eigenvalue weighted by Gasteiger charge is 2.22. The van der Waals surface area contributed by atoms with Crippen molar-refractivity contribution in [1.29, 1.82) is 5.26 Å². The van der Waals surface area contributed by atoms with Gasteiger partial charge < -0.3 is 10.2 Å². The maximum atomic E-state index is 12.8. The fraction of sp³-hybridized carbons (Fsp3) is 0.300. The number of hydrogen-bond acceptors (Lipinski definition) is 7. The molecule has 1 atom stereocenters. The molecule has 1 N–H and O–H groups in total. The van der Waals surface area contributed by atoms with Crippen molar-refractivity contribution in [3.63, 3.8) is 0 Å². The highest BCUT2D eigenvalue weighted by molar-refractivity contribution is 7.16. The van der Waals surface area contributed by atoms with Crippen molar-refractivity contribution in [1.82, 2.24) is 30.0 Å². The van der Waals surface area contributed by atoms with Gasteiger partial charge in [0.25, 0.3) is 11.8 Å². The highest BCUT2D eigenvalue weighted by Crippen LogP contribution is 2.23. The fourth-order valence-corrected chi connectivity index (χ4v) is 4.01. The molecule has 0 fully saturated rings. The van der Waals surface area contributed by atoms with Crippen LogP contribution in [-0.4, -0.2) is 50.6 Å². The van der Waals surface area contributed by atoms with Crippen molar-refractivity contribution < 1.29 is 9.59 Å². The maximum Gasteiger partial charge on any atom is 0.265 e. The van der Waals surface area contributed by atoms with Gasteiger partial charge in [-0.05, 0) is 37.6 Å². The van der Waals surface area contributed by atoms with E-state index in [1.807, 2.05) is 6.07 Å². The number of carbonyl (C=O) groups excluding carboxylic acids is 2. The van der Waals surface area contributed by atoms with E-state index >= 15 is 0 Å². The van der Waals surface area contributed by atoms with Gasteiger partial charge in [0.05, 0.1) is 24.7 Å². The summed E-state index contributed by atoms with van der Waals surface area (Å²) in [5, 5.41) is 17.0. The molecule has 2 heterocycles. The van der Waals surface area contributed by atoms with Crippen LogP contribution < -0.4 is 5.32 Å². The third-order valence-corrected chi connectivity index (χ3v) is 5.45. The third-order valence-electron chi connectivity index (χ3n) is 4.27. The predicted molar refractivity (Wildman–Crippen MR) is 116 cm³/mol. The quantitative estimate of drug-likeness (QED) is 0.608. The van der Waals surface area contributed by atoms with E-state index in [9.17, 15) is 9.59 Å². The molecule has 0 aliphatic rings. The molecule has 3 aromatic rings. The Labute approximate surface area is 188 Å². The lowest BCUT2D eigenvalue weighted by atomic mass is 10.1. The number of nitrogens with one attached hydrogen (secondary N) is 1. The minimum Gasteiger partial charge on any atom is -0.344 e. The highest BCUT2D eigenvalue weighted by atomic mass is 35.5. The predicted octanol–water partition coefficient (Wildman–Crippen LogP) is 2.94. The average Bonchev–Trinajstić information content (AvgIpc) is 3.33. The summed E-state index contributed by atoms with van der Waals surface area (Å²) in [6.07, 6.45) is 1.65. The Bertz CT molecular complexity index is 1180. The number of halogens is 1. The molecule has 0 radical (unpaired) electrons. The van der Waals surface area contributed by atoms with Gasteiger partial charge in [-0.3, -0.25) is 9.59 Å². The summed E-state index contributed by atoms with van der Waals surface area (Å²) < 4.78 is 1.52. The molecular formula is C20H20ClN7O2S. The van der Waals surface area contributed by atoms with Gasteiger partial charge in [-0.2, -0.15) is 9.94 Å². The second-order valence-corrected chi connectivity index (χ2v) is 8.46. The van der Waals surface area contributed by atoms with Crippen LogP contribution in [0, 0.1) is 18.3 Å². The van der Waals surface area contributed by atoms with E-state index in [1.54, 1.807) is 46.1 Å². The first-order valence-electron chi connectivity index (χ1n) is 9.28. The summed E-state index contributed by atoms with van der Waals surface area (Å²) in [6.45, 7) is 3.51. The van der Waals surface area contributed by atoms with Crippen molar-refractivity contribution in [2.75, 3.05) is 14.1 Å². The Balaban J connectivity index is 1.85. The van der Waals surface area contributed by atoms with Crippen molar-refractivity contribution in [3.8, 4) is 11.2 Å². The first kappa shape index (κ1) is 22.4. The van der Waals surface area contributed by atoms with Gasteiger partial charge in [0.15, 0.2) is 5.82 Å². The number of aryl methyl sites for hydroxylation is 1. The number of nitrogens with zero attached hydrogens (tertiary/aromatic N) is 6. The lowest BCUT2D eigenvalue weighted by molar-refractivity contribution is 0.0831. The topological polar surface area (TPSA) is 117 Å². The number of rotatable bonds is 6. The summed E-state index contributed by atoms with van der Waals surface area (Å²) in [7, 11) is 3.34. The molecule has 1 aromatic carbocycles. The van der Waals surface area contributed by atoms with E-state index in [0.29, 0.717) is 37.8 Å². The fourth-order valence-electron chi connectivity index (χ4n) is 2.85. The lowest BCUT2D eigenvalue weighted by Crippen LogP contribution is -2.28. The molecule has 0 aliphatic carbocycles. The summed E-state index contributed by atoms with van der Waals surface area (Å²) >= 11 is 7.28. The Hall–Kier alpha value is -3.29. The molecule has 0 bridgehead atoms. The van der Waals surface area contributed by atoms with E-state index in [4.69, 9.17) is 16.9 Å². The van der Waals surface area contributed by atoms with Crippen molar-refractivity contribution in [3.05, 3.63) is 57.1 Å². The van der Waals surface area contributed by atoms with Crippen LogP contribution in [0.5, 0.6) is 0 Å². The summed E-state index contributed by atoms with van der Waals surface area (Å²) in [4.78, 5) is 35.6. The smallest absolute Gasteiger partial charge is 0.265 e. The van der Waals surface area contributed by atoms with Gasteiger partial charge >= 0.3 is 0 Å². The number of aromatic nitrogens is 4. The van der Waals surface area contributed by atoms with Crippen LogP contribution in [0.4, 0.5) is 0 Å². The molecule has 2 amide bonds. The molecule has 2 aromatic heterocycles. The molecule has 31 heavy (non-hydrogen) atoms. The Morgan fingerprint density at radius 2 is 2.10 bits per heavy atom. The van der Waals surface area contributed by atoms with Gasteiger partial charge in [0.1, 0.15) is 10.7 Å². The number of carbonyl (C=O) groups is 2. The third kappa shape index (κ3) is 5.07. The molecule has 1 unspecified atom stereocenters. The molecule has 160 valence electrons. The summed E-state index contributed by atoms with van der Waals surface area (Å²) in [6, 6.07) is 6.36. The van der Waals surface area contributed by atoms with E-state index in [0.717, 1.165) is 0 Å². The first-order chi connectivity index (χ1) is 14.7. The number of hydrogen-bond donors (Lipinski definition) is 1. The minimum atomic E-state index is -0.510. The molecule has 0 spiro atoms. The van der Waals surface area contributed by atoms with Crippen LogP contribution in [0.1, 0.15) is 50.2 Å². The zero-order valence-electron chi connectivity index (χ0n) is 17.4. The van der Waals surface area contributed by atoms with Crippen LogP contribution in [0.3, 0.4) is 0 Å². The summed E-state index contributed by atoms with van der Waals surface area (Å²) in [5.74, 6) is 0.468. The van der Waals surface area contributed by atoms with E-state index in [2.05, 4.69) is 20.4 Å². The molecule has 11 heteroatoms. The zero-order chi connectivity index (χ0) is 22.7. The number of benzene rings is 1. The molecule has 3 rings (SSSR count). The molecule has 0 saturated heterocycles. The van der Waals surface area contributed by atoms with Crippen LogP contribution in [0.15, 0.2) is 24.4 Å². The maximum absolute atomic E-state index is 12.8. The molecule has 0 aliphatic heterocycles. The zero-order valence-corrected chi connectivity index (χ0v) is 19.0. The van der Waals surface area contributed by atoms with Crippen molar-refractivity contribution >= 4 is 34.8 Å². The van der Waals surface area contributed by atoms with Crippen molar-refractivity contribution in [2.45, 2.75) is 26.3 Å². The molecular weight excluding hydrogens is 438 g/mol. The van der Waals surface area contributed by atoms with Gasteiger partial charge in [0, 0.05) is 24.7 Å². The van der Waals surface area contributed by atoms with E-state index < -0.39 is 6.04 Å². The van der Waals surface area contributed by atoms with Gasteiger partial charge in [-0.15, -0.1) is 5.10 Å². The van der Waals surface area contributed by atoms with Crippen LogP contribution in [-0.2, 0) is 6.42 Å². The van der Waals surface area contributed by atoms with Crippen molar-refractivity contribution in [2.24, 2.45) is 0 Å². The molecule has 0 saturated carbocycles. The molecule has 9 nitrogen and oxygen atoms in total. The first-order valence-corrected chi connectivity index (χ1v) is 10.5. The number of thiazole rings is 1. The van der Waals surface area contributed by atoms with Gasteiger partial charge in [0.2, 0.25) is 5.13 Å². The van der Waals surface area contributed by atoms with E-state index in [1.165, 1.54) is 27.1 Å². The second-order valence-electron chi connectivity index (χ2n) is 7.01. The standard InChI is InChI=1S/C20H20ClN7O2S/c1-11(24-18(29)14-7-13(5-6-22)8-15(21)9-14)17-25-12(2)26-28(17)20-23-10-16(31-20)19(30)27(3)4/h7-11H,5H2,1-4H3,(H,24,29). The van der Waals surface area contributed by atoms with Crippen LogP contribution in [0.2, 0.25) is 5.02 Å². The SMILES string of the molecule is Cc1nc(C(C)NC(=O)c2cc(Cl)cc(CC#N)c2)n(-c2ncc(C(=O)N(C)C)s2)n1. The van der Waals surface area contributed by atoms with Crippen LogP contribution in [0.25, 0.3) is 5.13 Å². The van der Waals surface area contributed by atoms with Crippen LogP contribution >= 0.6 is 22.9 Å².